The Morgan fingerprint density at radius 1 is 1.04 bits per heavy atom. The Balaban J connectivity index is 1.30. The van der Waals surface area contributed by atoms with Crippen molar-refractivity contribution >= 4 is 5.91 Å². The van der Waals surface area contributed by atoms with Gasteiger partial charge in [-0.2, -0.15) is 0 Å². The minimum absolute atomic E-state index is 0.148. The summed E-state index contributed by atoms with van der Waals surface area (Å²) in [6.45, 7) is 1.92. The lowest BCUT2D eigenvalue weighted by atomic mass is 9.90. The first-order valence-electron chi connectivity index (χ1n) is 10.00. The zero-order chi connectivity index (χ0) is 18.5. The highest BCUT2D eigenvalue weighted by Crippen LogP contribution is 2.46. The molecule has 1 fully saturated rings. The molecule has 4 rings (SSSR count). The molecule has 2 aromatic carbocycles. The van der Waals surface area contributed by atoms with Crippen LogP contribution in [0.2, 0.25) is 0 Å². The van der Waals surface area contributed by atoms with Crippen molar-refractivity contribution in [1.29, 1.82) is 0 Å². The van der Waals surface area contributed by atoms with E-state index in [1.807, 2.05) is 12.1 Å². The van der Waals surface area contributed by atoms with Gasteiger partial charge in [-0.15, -0.1) is 0 Å². The highest BCUT2D eigenvalue weighted by atomic mass is 16.6. The zero-order valence-electron chi connectivity index (χ0n) is 15.7. The number of fused-ring (bicyclic) bond motifs is 1. The molecular formula is C23H27NO3. The Kier molecular flexibility index (Phi) is 5.61. The van der Waals surface area contributed by atoms with Crippen molar-refractivity contribution in [3.8, 4) is 11.5 Å². The molecule has 0 saturated heterocycles. The number of benzene rings is 2. The molecule has 1 N–H and O–H groups in total. The van der Waals surface area contributed by atoms with Gasteiger partial charge in [0.2, 0.25) is 5.91 Å². The molecule has 0 bridgehead atoms. The highest BCUT2D eigenvalue weighted by Gasteiger charge is 2.34. The van der Waals surface area contributed by atoms with Gasteiger partial charge in [0.15, 0.2) is 11.5 Å². The van der Waals surface area contributed by atoms with Gasteiger partial charge in [-0.05, 0) is 60.8 Å². The fraction of sp³-hybridized carbons (Fsp3) is 0.435. The number of aryl methyl sites for hydroxylation is 1. The lowest BCUT2D eigenvalue weighted by molar-refractivity contribution is -0.121. The van der Waals surface area contributed by atoms with Crippen molar-refractivity contribution in [2.75, 3.05) is 19.8 Å². The van der Waals surface area contributed by atoms with Crippen LogP contribution in [0, 0.1) is 5.92 Å². The Labute approximate surface area is 160 Å². The molecule has 1 amide bonds. The summed E-state index contributed by atoms with van der Waals surface area (Å²) in [4.78, 5) is 12.5. The lowest BCUT2D eigenvalue weighted by Gasteiger charge is -2.22. The summed E-state index contributed by atoms with van der Waals surface area (Å²) in [7, 11) is 0. The fourth-order valence-corrected chi connectivity index (χ4v) is 3.78. The lowest BCUT2D eigenvalue weighted by Crippen LogP contribution is -2.27. The largest absolute Gasteiger partial charge is 0.486 e. The van der Waals surface area contributed by atoms with Crippen LogP contribution in [0.25, 0.3) is 0 Å². The topological polar surface area (TPSA) is 47.6 Å². The first kappa shape index (κ1) is 17.9. The van der Waals surface area contributed by atoms with Crippen LogP contribution in [-0.4, -0.2) is 25.7 Å². The van der Waals surface area contributed by atoms with E-state index < -0.39 is 0 Å². The van der Waals surface area contributed by atoms with Crippen molar-refractivity contribution in [3.05, 3.63) is 59.7 Å². The number of amides is 1. The van der Waals surface area contributed by atoms with Crippen LogP contribution in [0.3, 0.4) is 0 Å². The Morgan fingerprint density at radius 3 is 2.59 bits per heavy atom. The molecule has 142 valence electrons. The monoisotopic (exact) mass is 365 g/mol. The molecule has 0 aromatic heterocycles. The smallest absolute Gasteiger partial charge is 0.220 e. The molecular weight excluding hydrogens is 338 g/mol. The predicted molar refractivity (Wildman–Crippen MR) is 105 cm³/mol. The Bertz CT molecular complexity index is 770. The maximum Gasteiger partial charge on any atom is 0.220 e. The number of carbonyl (C=O) groups is 1. The molecule has 1 aliphatic carbocycles. The summed E-state index contributed by atoms with van der Waals surface area (Å²) < 4.78 is 11.3. The third-order valence-corrected chi connectivity index (χ3v) is 5.40. The van der Waals surface area contributed by atoms with E-state index in [1.165, 1.54) is 24.0 Å². The summed E-state index contributed by atoms with van der Waals surface area (Å²) in [5.74, 6) is 2.66. The summed E-state index contributed by atoms with van der Waals surface area (Å²) in [5.41, 5.74) is 2.51. The average Bonchev–Trinajstić information content (AvgIpc) is 3.55. The molecule has 1 heterocycles. The van der Waals surface area contributed by atoms with Crippen molar-refractivity contribution < 1.29 is 14.3 Å². The van der Waals surface area contributed by atoms with E-state index in [1.54, 1.807) is 0 Å². The molecule has 27 heavy (non-hydrogen) atoms. The van der Waals surface area contributed by atoms with E-state index in [0.717, 1.165) is 30.9 Å². The van der Waals surface area contributed by atoms with Gasteiger partial charge in [-0.1, -0.05) is 36.4 Å². The number of hydrogen-bond donors (Lipinski definition) is 1. The average molecular weight is 365 g/mol. The van der Waals surface area contributed by atoms with Gasteiger partial charge in [-0.25, -0.2) is 0 Å². The fourth-order valence-electron chi connectivity index (χ4n) is 3.78. The van der Waals surface area contributed by atoms with Gasteiger partial charge in [-0.3, -0.25) is 4.79 Å². The van der Waals surface area contributed by atoms with Gasteiger partial charge in [0.05, 0.1) is 0 Å². The second-order valence-corrected chi connectivity index (χ2v) is 7.49. The summed E-state index contributed by atoms with van der Waals surface area (Å²) >= 11 is 0. The van der Waals surface area contributed by atoms with Crippen LogP contribution in [-0.2, 0) is 11.2 Å². The van der Waals surface area contributed by atoms with Gasteiger partial charge < -0.3 is 14.8 Å². The van der Waals surface area contributed by atoms with E-state index in [2.05, 4.69) is 41.7 Å². The number of rotatable bonds is 8. The standard InChI is InChI=1S/C23H27NO3/c25-23(24-12-4-7-17-5-2-1-3-6-17)16-20(18-8-9-18)19-10-11-21-22(15-19)27-14-13-26-21/h1-3,5-6,10-11,15,18,20H,4,7-9,12-14,16H2,(H,24,25). The zero-order valence-corrected chi connectivity index (χ0v) is 15.7. The number of carbonyl (C=O) groups excluding carboxylic acids is 1. The van der Waals surface area contributed by atoms with Crippen molar-refractivity contribution in [2.24, 2.45) is 5.92 Å². The molecule has 1 saturated carbocycles. The van der Waals surface area contributed by atoms with Crippen LogP contribution < -0.4 is 14.8 Å². The van der Waals surface area contributed by atoms with Crippen LogP contribution in [0.5, 0.6) is 11.5 Å². The normalized spacial score (nSPS) is 16.6. The van der Waals surface area contributed by atoms with Crippen LogP contribution in [0.15, 0.2) is 48.5 Å². The van der Waals surface area contributed by atoms with Crippen molar-refractivity contribution in [2.45, 2.75) is 38.0 Å². The first-order valence-corrected chi connectivity index (χ1v) is 10.00. The molecule has 4 heteroatoms. The van der Waals surface area contributed by atoms with Crippen LogP contribution in [0.1, 0.15) is 42.7 Å². The summed E-state index contributed by atoms with van der Waals surface area (Å²) in [6, 6.07) is 16.6. The highest BCUT2D eigenvalue weighted by molar-refractivity contribution is 5.77. The SMILES string of the molecule is O=C(CC(c1ccc2c(c1)OCCO2)C1CC1)NCCCc1ccccc1. The number of nitrogens with one attached hydrogen (secondary N) is 1. The maximum atomic E-state index is 12.5. The summed E-state index contributed by atoms with van der Waals surface area (Å²) in [5, 5.41) is 3.10. The number of hydrogen-bond acceptors (Lipinski definition) is 3. The van der Waals surface area contributed by atoms with Gasteiger partial charge in [0.25, 0.3) is 0 Å². The molecule has 2 aromatic rings. The van der Waals surface area contributed by atoms with Gasteiger partial charge in [0, 0.05) is 13.0 Å². The van der Waals surface area contributed by atoms with Crippen molar-refractivity contribution in [3.63, 3.8) is 0 Å². The number of ether oxygens (including phenoxy) is 2. The second kappa shape index (κ2) is 8.47. The van der Waals surface area contributed by atoms with Crippen LogP contribution in [0.4, 0.5) is 0 Å². The quantitative estimate of drug-likeness (QED) is 0.717. The molecule has 1 aliphatic heterocycles. The van der Waals surface area contributed by atoms with Crippen molar-refractivity contribution in [1.82, 2.24) is 5.32 Å². The molecule has 0 spiro atoms. The Hall–Kier alpha value is -2.49. The second-order valence-electron chi connectivity index (χ2n) is 7.49. The van der Waals surface area contributed by atoms with Gasteiger partial charge >= 0.3 is 0 Å². The Morgan fingerprint density at radius 2 is 1.81 bits per heavy atom. The molecule has 1 unspecified atom stereocenters. The van der Waals surface area contributed by atoms with E-state index >= 15 is 0 Å². The maximum absolute atomic E-state index is 12.5. The van der Waals surface area contributed by atoms with E-state index in [9.17, 15) is 4.79 Å². The third kappa shape index (κ3) is 4.82. The molecule has 0 radical (unpaired) electrons. The molecule has 2 aliphatic rings. The van der Waals surface area contributed by atoms with E-state index in [0.29, 0.717) is 25.6 Å². The van der Waals surface area contributed by atoms with E-state index in [-0.39, 0.29) is 11.8 Å². The first-order chi connectivity index (χ1) is 13.3. The minimum atomic E-state index is 0.148. The predicted octanol–water partition coefficient (Wildman–Crippen LogP) is 4.09. The molecule has 4 nitrogen and oxygen atoms in total. The van der Waals surface area contributed by atoms with Crippen LogP contribution >= 0.6 is 0 Å². The summed E-state index contributed by atoms with van der Waals surface area (Å²) in [6.07, 6.45) is 4.93. The third-order valence-electron chi connectivity index (χ3n) is 5.40. The minimum Gasteiger partial charge on any atom is -0.486 e. The van der Waals surface area contributed by atoms with E-state index in [4.69, 9.17) is 9.47 Å². The van der Waals surface area contributed by atoms with Gasteiger partial charge in [0.1, 0.15) is 13.2 Å². The molecule has 1 atom stereocenters.